The normalized spacial score (nSPS) is 19.5. The molecule has 1 aromatic heterocycles. The molecular formula is C28H32N4O4S. The van der Waals surface area contributed by atoms with Crippen molar-refractivity contribution in [3.05, 3.63) is 82.0 Å². The Balaban J connectivity index is 1.29. The van der Waals surface area contributed by atoms with Crippen molar-refractivity contribution >= 4 is 23.2 Å². The number of nitrogens with one attached hydrogen (secondary N) is 1. The third-order valence-electron chi connectivity index (χ3n) is 6.96. The molecule has 3 heterocycles. The van der Waals surface area contributed by atoms with Crippen LogP contribution in [0.25, 0.3) is 11.1 Å². The molecule has 5 rings (SSSR count). The molecule has 2 aliphatic rings. The van der Waals surface area contributed by atoms with Crippen LogP contribution in [0.15, 0.2) is 66.0 Å². The average Bonchev–Trinajstić information content (AvgIpc) is 3.66. The van der Waals surface area contributed by atoms with E-state index < -0.39 is 18.0 Å². The lowest BCUT2D eigenvalue weighted by molar-refractivity contribution is -0.152. The molecule has 2 aromatic carbocycles. The average molecular weight is 521 g/mol. The van der Waals surface area contributed by atoms with Crippen LogP contribution >= 0.6 is 11.3 Å². The fourth-order valence-electron chi connectivity index (χ4n) is 4.91. The third-order valence-corrected chi connectivity index (χ3v) is 8.09. The summed E-state index contributed by atoms with van der Waals surface area (Å²) in [6.45, 7) is 3.03. The number of amides is 2. The van der Waals surface area contributed by atoms with Crippen molar-refractivity contribution in [2.75, 3.05) is 19.8 Å². The molecule has 2 atom stereocenters. The molecule has 5 N–H and O–H groups in total. The molecule has 0 unspecified atom stereocenters. The summed E-state index contributed by atoms with van der Waals surface area (Å²) in [6, 6.07) is 19.0. The van der Waals surface area contributed by atoms with Gasteiger partial charge in [-0.05, 0) is 40.6 Å². The second kappa shape index (κ2) is 10.7. The third kappa shape index (κ3) is 5.61. The first kappa shape index (κ1) is 25.6. The van der Waals surface area contributed by atoms with Crippen molar-refractivity contribution in [3.63, 3.8) is 0 Å². The number of thiophene rings is 1. The number of hydrogen-bond acceptors (Lipinski definition) is 7. The Kier molecular flexibility index (Phi) is 7.41. The maximum Gasteiger partial charge on any atom is 0.243 e. The van der Waals surface area contributed by atoms with Gasteiger partial charge in [-0.25, -0.2) is 0 Å². The lowest BCUT2D eigenvalue weighted by Gasteiger charge is -2.25. The van der Waals surface area contributed by atoms with Crippen LogP contribution in [-0.4, -0.2) is 48.3 Å². The second-order valence-electron chi connectivity index (χ2n) is 9.63. The summed E-state index contributed by atoms with van der Waals surface area (Å²) < 4.78 is 11.7. The number of ether oxygens (including phenoxy) is 2. The molecule has 0 bridgehead atoms. The zero-order valence-electron chi connectivity index (χ0n) is 20.8. The molecule has 2 fully saturated rings. The van der Waals surface area contributed by atoms with Gasteiger partial charge in [0.2, 0.25) is 11.8 Å². The lowest BCUT2D eigenvalue weighted by Crippen LogP contribution is -2.47. The van der Waals surface area contributed by atoms with Gasteiger partial charge in [-0.3, -0.25) is 9.59 Å². The Morgan fingerprint density at radius 2 is 1.76 bits per heavy atom. The van der Waals surface area contributed by atoms with Gasteiger partial charge in [-0.15, -0.1) is 11.3 Å². The maximum absolute atomic E-state index is 13.5. The van der Waals surface area contributed by atoms with Gasteiger partial charge in [0.25, 0.3) is 0 Å². The smallest absolute Gasteiger partial charge is 0.243 e. The molecule has 37 heavy (non-hydrogen) atoms. The molecule has 2 amide bonds. The van der Waals surface area contributed by atoms with E-state index in [4.69, 9.17) is 20.9 Å². The summed E-state index contributed by atoms with van der Waals surface area (Å²) in [5.41, 5.74) is 15.5. The van der Waals surface area contributed by atoms with Crippen LogP contribution in [0.4, 0.5) is 0 Å². The number of likely N-dealkylation sites (tertiary alicyclic amines) is 1. The van der Waals surface area contributed by atoms with Crippen molar-refractivity contribution in [1.82, 2.24) is 10.2 Å². The quantitative estimate of drug-likeness (QED) is 0.412. The molecule has 8 nitrogen and oxygen atoms in total. The Morgan fingerprint density at radius 1 is 1.08 bits per heavy atom. The van der Waals surface area contributed by atoms with E-state index in [1.165, 1.54) is 11.3 Å². The Bertz CT molecular complexity index is 1240. The molecule has 0 radical (unpaired) electrons. The molecule has 1 spiro atoms. The number of nitrogens with two attached hydrogens (primary N) is 2. The summed E-state index contributed by atoms with van der Waals surface area (Å²) in [6.07, 6.45) is -0.0741. The molecule has 0 saturated carbocycles. The van der Waals surface area contributed by atoms with Crippen LogP contribution < -0.4 is 16.8 Å². The zero-order valence-corrected chi connectivity index (χ0v) is 21.6. The van der Waals surface area contributed by atoms with Crippen LogP contribution in [0.1, 0.15) is 41.6 Å². The van der Waals surface area contributed by atoms with Gasteiger partial charge in [0.05, 0.1) is 38.4 Å². The van der Waals surface area contributed by atoms with Crippen LogP contribution in [0.2, 0.25) is 0 Å². The summed E-state index contributed by atoms with van der Waals surface area (Å²) in [5.74, 6) is -1.30. The molecule has 2 aliphatic heterocycles. The number of hydrogen-bond donors (Lipinski definition) is 3. The standard InChI is InChI=1S/C28H32N4O4S/c1-18(24-14-22(16-37-24)26(29)30)31-27(34)23-15-28(35-11-12-36-28)17-32(23)25(33)13-19-7-9-21(10-8-19)20-5-3-2-4-6-20/h2-10,14,16,18,23,26H,11-13,15,17,29-30H2,1H3,(H,31,34)/t18-,23+/m1/s1. The highest BCUT2D eigenvalue weighted by Crippen LogP contribution is 2.36. The molecule has 2 saturated heterocycles. The Morgan fingerprint density at radius 3 is 2.41 bits per heavy atom. The number of carbonyl (C=O) groups is 2. The molecule has 9 heteroatoms. The van der Waals surface area contributed by atoms with Crippen LogP contribution in [0, 0.1) is 0 Å². The van der Waals surface area contributed by atoms with Gasteiger partial charge in [0.15, 0.2) is 5.79 Å². The van der Waals surface area contributed by atoms with E-state index in [-0.39, 0.29) is 30.8 Å². The summed E-state index contributed by atoms with van der Waals surface area (Å²) in [5, 5.41) is 4.95. The first-order valence-electron chi connectivity index (χ1n) is 12.5. The highest BCUT2D eigenvalue weighted by molar-refractivity contribution is 7.10. The lowest BCUT2D eigenvalue weighted by atomic mass is 10.0. The molecule has 194 valence electrons. The van der Waals surface area contributed by atoms with Gasteiger partial charge in [0.1, 0.15) is 6.04 Å². The van der Waals surface area contributed by atoms with Crippen molar-refractivity contribution in [3.8, 4) is 11.1 Å². The predicted molar refractivity (Wildman–Crippen MR) is 142 cm³/mol. The summed E-state index contributed by atoms with van der Waals surface area (Å²) in [4.78, 5) is 29.4. The Labute approximate surface area is 220 Å². The van der Waals surface area contributed by atoms with Gasteiger partial charge in [0, 0.05) is 11.3 Å². The first-order chi connectivity index (χ1) is 17.8. The fourth-order valence-corrected chi connectivity index (χ4v) is 5.88. The number of nitrogens with zero attached hydrogens (tertiary/aromatic N) is 1. The van der Waals surface area contributed by atoms with E-state index in [1.54, 1.807) is 4.90 Å². The first-order valence-corrected chi connectivity index (χ1v) is 13.3. The van der Waals surface area contributed by atoms with Gasteiger partial charge in [-0.2, -0.15) is 0 Å². The summed E-state index contributed by atoms with van der Waals surface area (Å²) in [7, 11) is 0. The van der Waals surface area contributed by atoms with Crippen molar-refractivity contribution in [1.29, 1.82) is 0 Å². The number of benzene rings is 2. The van der Waals surface area contributed by atoms with Gasteiger partial charge >= 0.3 is 0 Å². The van der Waals surface area contributed by atoms with Crippen molar-refractivity contribution < 1.29 is 19.1 Å². The van der Waals surface area contributed by atoms with Crippen molar-refractivity contribution in [2.24, 2.45) is 11.5 Å². The summed E-state index contributed by atoms with van der Waals surface area (Å²) >= 11 is 1.49. The van der Waals surface area contributed by atoms with E-state index >= 15 is 0 Å². The zero-order chi connectivity index (χ0) is 26.0. The minimum atomic E-state index is -0.930. The monoisotopic (exact) mass is 520 g/mol. The fraction of sp³-hybridized carbons (Fsp3) is 0.357. The minimum Gasteiger partial charge on any atom is -0.347 e. The van der Waals surface area contributed by atoms with E-state index in [2.05, 4.69) is 17.4 Å². The van der Waals surface area contributed by atoms with Crippen LogP contribution in [0.5, 0.6) is 0 Å². The van der Waals surface area contributed by atoms with E-state index in [0.717, 1.165) is 27.1 Å². The van der Waals surface area contributed by atoms with E-state index in [0.29, 0.717) is 19.6 Å². The predicted octanol–water partition coefficient (Wildman–Crippen LogP) is 3.10. The molecular weight excluding hydrogens is 488 g/mol. The largest absolute Gasteiger partial charge is 0.347 e. The SMILES string of the molecule is C[C@@H](NC(=O)[C@@H]1CC2(CN1C(=O)Cc1ccc(-c3ccccc3)cc1)OCCO2)c1cc(C(N)N)cs1. The minimum absolute atomic E-state index is 0.135. The molecule has 3 aromatic rings. The topological polar surface area (TPSA) is 120 Å². The van der Waals surface area contributed by atoms with Crippen LogP contribution in [-0.2, 0) is 25.5 Å². The van der Waals surface area contributed by atoms with Gasteiger partial charge < -0.3 is 31.2 Å². The molecule has 0 aliphatic carbocycles. The van der Waals surface area contributed by atoms with Crippen molar-refractivity contribution in [2.45, 2.75) is 43.8 Å². The van der Waals surface area contributed by atoms with Crippen LogP contribution in [0.3, 0.4) is 0 Å². The highest BCUT2D eigenvalue weighted by atomic mass is 32.1. The second-order valence-corrected chi connectivity index (χ2v) is 10.6. The number of rotatable bonds is 7. The maximum atomic E-state index is 13.5. The Hall–Kier alpha value is -3.08. The van der Waals surface area contributed by atoms with E-state index in [1.807, 2.05) is 60.8 Å². The van der Waals surface area contributed by atoms with Gasteiger partial charge in [-0.1, -0.05) is 54.6 Å². The number of carbonyl (C=O) groups excluding carboxylic acids is 2. The van der Waals surface area contributed by atoms with E-state index in [9.17, 15) is 9.59 Å². The highest BCUT2D eigenvalue weighted by Gasteiger charge is 2.52.